The number of hydrogen-bond acceptors (Lipinski definition) is 4. The van der Waals surface area contributed by atoms with Crippen LogP contribution in [0.3, 0.4) is 0 Å². The predicted molar refractivity (Wildman–Crippen MR) is 88.6 cm³/mol. The van der Waals surface area contributed by atoms with Crippen molar-refractivity contribution in [3.63, 3.8) is 0 Å². The molecule has 2 rings (SSSR count). The third-order valence-corrected chi connectivity index (χ3v) is 3.33. The molecule has 4 nitrogen and oxygen atoms in total. The van der Waals surface area contributed by atoms with Crippen LogP contribution in [0.4, 0.5) is 5.69 Å². The van der Waals surface area contributed by atoms with E-state index in [0.29, 0.717) is 19.8 Å². The van der Waals surface area contributed by atoms with E-state index in [0.717, 1.165) is 28.3 Å². The molecular weight excluding hydrogens is 278 g/mol. The number of methoxy groups -OCH3 is 2. The maximum atomic E-state index is 5.53. The van der Waals surface area contributed by atoms with Gasteiger partial charge in [0.05, 0.1) is 20.3 Å². The fraction of sp³-hybridized carbons (Fsp3) is 0.333. The second-order valence-corrected chi connectivity index (χ2v) is 4.86. The van der Waals surface area contributed by atoms with Gasteiger partial charge in [0.2, 0.25) is 0 Å². The van der Waals surface area contributed by atoms with Crippen molar-refractivity contribution in [3.05, 3.63) is 53.6 Å². The molecular formula is C18H23NO3. The number of nitrogens with one attached hydrogen (secondary N) is 1. The van der Waals surface area contributed by atoms with Gasteiger partial charge in [0.1, 0.15) is 0 Å². The Morgan fingerprint density at radius 3 is 2.55 bits per heavy atom. The molecule has 0 atom stereocenters. The van der Waals surface area contributed by atoms with Gasteiger partial charge in [0.15, 0.2) is 11.5 Å². The lowest BCUT2D eigenvalue weighted by molar-refractivity contribution is 0.185. The molecule has 0 radical (unpaired) electrons. The van der Waals surface area contributed by atoms with E-state index in [4.69, 9.17) is 14.2 Å². The SMILES string of the molecule is CCOc1ccc(CNc2ccccc2COC)cc1OC. The van der Waals surface area contributed by atoms with E-state index in [1.165, 1.54) is 0 Å². The normalized spacial score (nSPS) is 10.3. The van der Waals surface area contributed by atoms with E-state index < -0.39 is 0 Å². The first-order valence-corrected chi connectivity index (χ1v) is 7.39. The van der Waals surface area contributed by atoms with Crippen LogP contribution in [-0.4, -0.2) is 20.8 Å². The number of hydrogen-bond donors (Lipinski definition) is 1. The number of anilines is 1. The molecule has 0 aliphatic heterocycles. The third-order valence-electron chi connectivity index (χ3n) is 3.33. The summed E-state index contributed by atoms with van der Waals surface area (Å²) in [5.74, 6) is 1.53. The lowest BCUT2D eigenvalue weighted by Crippen LogP contribution is -2.04. The average Bonchev–Trinajstić information content (AvgIpc) is 2.55. The highest BCUT2D eigenvalue weighted by Gasteiger charge is 2.06. The smallest absolute Gasteiger partial charge is 0.161 e. The molecule has 2 aromatic carbocycles. The maximum Gasteiger partial charge on any atom is 0.161 e. The number of rotatable bonds is 8. The van der Waals surface area contributed by atoms with Gasteiger partial charge in [-0.2, -0.15) is 0 Å². The standard InChI is InChI=1S/C18H23NO3/c1-4-22-17-10-9-14(11-18(17)21-3)12-19-16-8-6-5-7-15(16)13-20-2/h5-11,19H,4,12-13H2,1-3H3. The van der Waals surface area contributed by atoms with Crippen LogP contribution in [0.15, 0.2) is 42.5 Å². The summed E-state index contributed by atoms with van der Waals surface area (Å²) in [6, 6.07) is 14.1. The zero-order chi connectivity index (χ0) is 15.8. The van der Waals surface area contributed by atoms with E-state index in [1.54, 1.807) is 14.2 Å². The van der Waals surface area contributed by atoms with Crippen molar-refractivity contribution >= 4 is 5.69 Å². The Morgan fingerprint density at radius 2 is 1.82 bits per heavy atom. The highest BCUT2D eigenvalue weighted by molar-refractivity contribution is 5.52. The molecule has 118 valence electrons. The highest BCUT2D eigenvalue weighted by atomic mass is 16.5. The van der Waals surface area contributed by atoms with Gasteiger partial charge in [-0.15, -0.1) is 0 Å². The molecule has 0 fully saturated rings. The van der Waals surface area contributed by atoms with Gasteiger partial charge >= 0.3 is 0 Å². The highest BCUT2D eigenvalue weighted by Crippen LogP contribution is 2.28. The summed E-state index contributed by atoms with van der Waals surface area (Å²) in [5, 5.41) is 3.44. The summed E-state index contributed by atoms with van der Waals surface area (Å²) in [7, 11) is 3.36. The average molecular weight is 301 g/mol. The summed E-state index contributed by atoms with van der Waals surface area (Å²) in [5.41, 5.74) is 3.35. The summed E-state index contributed by atoms with van der Waals surface area (Å²) in [6.07, 6.45) is 0. The summed E-state index contributed by atoms with van der Waals surface area (Å²) in [4.78, 5) is 0. The minimum absolute atomic E-state index is 0.593. The van der Waals surface area contributed by atoms with Gasteiger partial charge in [-0.3, -0.25) is 0 Å². The third kappa shape index (κ3) is 4.15. The van der Waals surface area contributed by atoms with Crippen molar-refractivity contribution < 1.29 is 14.2 Å². The van der Waals surface area contributed by atoms with Crippen LogP contribution in [0.2, 0.25) is 0 Å². The zero-order valence-corrected chi connectivity index (χ0v) is 13.4. The summed E-state index contributed by atoms with van der Waals surface area (Å²) in [6.45, 7) is 3.89. The lowest BCUT2D eigenvalue weighted by atomic mass is 10.1. The molecule has 0 bridgehead atoms. The Balaban J connectivity index is 2.08. The molecule has 0 saturated heterocycles. The number of para-hydroxylation sites is 1. The molecule has 0 saturated carbocycles. The van der Waals surface area contributed by atoms with Crippen molar-refractivity contribution in [3.8, 4) is 11.5 Å². The molecule has 0 unspecified atom stereocenters. The second kappa shape index (κ2) is 8.29. The van der Waals surface area contributed by atoms with Crippen LogP contribution in [-0.2, 0) is 17.9 Å². The van der Waals surface area contributed by atoms with E-state index >= 15 is 0 Å². The van der Waals surface area contributed by atoms with Gasteiger partial charge in [0.25, 0.3) is 0 Å². The van der Waals surface area contributed by atoms with Crippen molar-refractivity contribution in [2.24, 2.45) is 0 Å². The van der Waals surface area contributed by atoms with Gasteiger partial charge in [-0.25, -0.2) is 0 Å². The molecule has 0 heterocycles. The molecule has 22 heavy (non-hydrogen) atoms. The quantitative estimate of drug-likeness (QED) is 0.804. The summed E-state index contributed by atoms with van der Waals surface area (Å²) >= 11 is 0. The van der Waals surface area contributed by atoms with Gasteiger partial charge in [0, 0.05) is 24.9 Å². The topological polar surface area (TPSA) is 39.7 Å². The van der Waals surface area contributed by atoms with Crippen LogP contribution < -0.4 is 14.8 Å². The van der Waals surface area contributed by atoms with E-state index in [2.05, 4.69) is 17.4 Å². The van der Waals surface area contributed by atoms with E-state index in [9.17, 15) is 0 Å². The van der Waals surface area contributed by atoms with Gasteiger partial charge < -0.3 is 19.5 Å². The molecule has 0 aliphatic carbocycles. The Morgan fingerprint density at radius 1 is 1.00 bits per heavy atom. The zero-order valence-electron chi connectivity index (χ0n) is 13.4. The Hall–Kier alpha value is -2.20. The Kier molecular flexibility index (Phi) is 6.10. The first kappa shape index (κ1) is 16.2. The van der Waals surface area contributed by atoms with Crippen molar-refractivity contribution in [2.45, 2.75) is 20.1 Å². The monoisotopic (exact) mass is 301 g/mol. The Bertz CT molecular complexity index is 599. The van der Waals surface area contributed by atoms with E-state index in [-0.39, 0.29) is 0 Å². The van der Waals surface area contributed by atoms with Gasteiger partial charge in [-0.1, -0.05) is 24.3 Å². The second-order valence-electron chi connectivity index (χ2n) is 4.86. The lowest BCUT2D eigenvalue weighted by Gasteiger charge is -2.14. The van der Waals surface area contributed by atoms with Crippen molar-refractivity contribution in [2.75, 3.05) is 26.1 Å². The molecule has 0 spiro atoms. The first-order valence-electron chi connectivity index (χ1n) is 7.39. The van der Waals surface area contributed by atoms with Crippen molar-refractivity contribution in [1.29, 1.82) is 0 Å². The maximum absolute atomic E-state index is 5.53. The number of benzene rings is 2. The molecule has 0 aromatic heterocycles. The molecule has 0 aliphatic rings. The fourth-order valence-corrected chi connectivity index (χ4v) is 2.27. The molecule has 4 heteroatoms. The van der Waals surface area contributed by atoms with Crippen LogP contribution in [0.1, 0.15) is 18.1 Å². The minimum atomic E-state index is 0.593. The minimum Gasteiger partial charge on any atom is -0.493 e. The van der Waals surface area contributed by atoms with Crippen LogP contribution in [0.5, 0.6) is 11.5 Å². The van der Waals surface area contributed by atoms with Crippen LogP contribution in [0, 0.1) is 0 Å². The largest absolute Gasteiger partial charge is 0.493 e. The molecule has 0 amide bonds. The molecule has 2 aromatic rings. The van der Waals surface area contributed by atoms with E-state index in [1.807, 2.05) is 37.3 Å². The summed E-state index contributed by atoms with van der Waals surface area (Å²) < 4.78 is 16.1. The van der Waals surface area contributed by atoms with Crippen LogP contribution >= 0.6 is 0 Å². The van der Waals surface area contributed by atoms with Crippen molar-refractivity contribution in [1.82, 2.24) is 0 Å². The molecule has 1 N–H and O–H groups in total. The van der Waals surface area contributed by atoms with Gasteiger partial charge in [-0.05, 0) is 30.7 Å². The first-order chi connectivity index (χ1) is 10.8. The predicted octanol–water partition coefficient (Wildman–Crippen LogP) is 3.85. The fourth-order valence-electron chi connectivity index (χ4n) is 2.27. The van der Waals surface area contributed by atoms with Crippen LogP contribution in [0.25, 0.3) is 0 Å². The number of ether oxygens (including phenoxy) is 3. The Labute approximate surface area is 132 Å².